The van der Waals surface area contributed by atoms with E-state index in [9.17, 15) is 4.79 Å². The number of carbonyl (C=O) groups excluding carboxylic acids is 1. The minimum absolute atomic E-state index is 0.136. The van der Waals surface area contributed by atoms with Crippen LogP contribution in [0.5, 0.6) is 0 Å². The summed E-state index contributed by atoms with van der Waals surface area (Å²) in [5.41, 5.74) is 4.64. The van der Waals surface area contributed by atoms with Gasteiger partial charge in [0.05, 0.1) is 0 Å². The van der Waals surface area contributed by atoms with Crippen LogP contribution in [0.4, 0.5) is 11.4 Å². The van der Waals surface area contributed by atoms with Crippen molar-refractivity contribution in [3.8, 4) is 0 Å². The lowest BCUT2D eigenvalue weighted by Crippen LogP contribution is -2.44. The van der Waals surface area contributed by atoms with E-state index in [1.165, 1.54) is 11.1 Å². The Labute approximate surface area is 138 Å². The fraction of sp³-hybridized carbons (Fsp3) is 0.350. The molecule has 0 saturated carbocycles. The van der Waals surface area contributed by atoms with Gasteiger partial charge in [0.25, 0.3) is 0 Å². The molecule has 1 N–H and O–H groups in total. The van der Waals surface area contributed by atoms with Gasteiger partial charge in [-0.05, 0) is 55.5 Å². The molecule has 0 bridgehead atoms. The zero-order valence-corrected chi connectivity index (χ0v) is 13.9. The minimum atomic E-state index is -0.242. The summed E-state index contributed by atoms with van der Waals surface area (Å²) >= 11 is 0. The van der Waals surface area contributed by atoms with E-state index < -0.39 is 0 Å². The van der Waals surface area contributed by atoms with Crippen LogP contribution in [0, 0.1) is 0 Å². The molecule has 23 heavy (non-hydrogen) atoms. The smallest absolute Gasteiger partial charge is 0.249 e. The van der Waals surface area contributed by atoms with Gasteiger partial charge in [-0.15, -0.1) is 0 Å². The second-order valence-electron chi connectivity index (χ2n) is 6.14. The maximum absolute atomic E-state index is 12.9. The van der Waals surface area contributed by atoms with Crippen LogP contribution in [0.2, 0.25) is 0 Å². The Hall–Kier alpha value is -2.29. The van der Waals surface area contributed by atoms with E-state index in [0.717, 1.165) is 37.2 Å². The Morgan fingerprint density at radius 1 is 1.17 bits per heavy atom. The van der Waals surface area contributed by atoms with Crippen LogP contribution in [-0.4, -0.2) is 18.5 Å². The summed E-state index contributed by atoms with van der Waals surface area (Å²) in [4.78, 5) is 14.8. The second kappa shape index (κ2) is 6.86. The van der Waals surface area contributed by atoms with Gasteiger partial charge in [-0.3, -0.25) is 4.79 Å². The molecule has 1 aliphatic heterocycles. The number of nitrogens with one attached hydrogen (secondary N) is 1. The number of hydrogen-bond donors (Lipinski definition) is 1. The standard InChI is InChI=1S/C20H24N2O/c1-3-16-10-12-18(13-11-16)21-15(2)20(23)22-14-6-8-17-7-4-5-9-19(17)22/h4-5,7,9-13,15,21H,3,6,8,14H2,1-2H3. The number of carbonyl (C=O) groups is 1. The lowest BCUT2D eigenvalue weighted by Gasteiger charge is -2.32. The van der Waals surface area contributed by atoms with Crippen molar-refractivity contribution in [1.82, 2.24) is 0 Å². The second-order valence-corrected chi connectivity index (χ2v) is 6.14. The average molecular weight is 308 g/mol. The van der Waals surface area contributed by atoms with Crippen LogP contribution in [0.15, 0.2) is 48.5 Å². The Morgan fingerprint density at radius 2 is 1.91 bits per heavy atom. The van der Waals surface area contributed by atoms with E-state index >= 15 is 0 Å². The molecule has 0 aromatic heterocycles. The molecule has 1 amide bonds. The Morgan fingerprint density at radius 3 is 2.65 bits per heavy atom. The number of hydrogen-bond acceptors (Lipinski definition) is 2. The van der Waals surface area contributed by atoms with Crippen molar-refractivity contribution in [3.05, 3.63) is 59.7 Å². The molecule has 3 heteroatoms. The molecule has 2 aromatic carbocycles. The predicted octanol–water partition coefficient (Wildman–Crippen LogP) is 4.03. The summed E-state index contributed by atoms with van der Waals surface area (Å²) in [6.07, 6.45) is 3.11. The van der Waals surface area contributed by atoms with Gasteiger partial charge >= 0.3 is 0 Å². The van der Waals surface area contributed by atoms with Crippen molar-refractivity contribution in [2.45, 2.75) is 39.2 Å². The van der Waals surface area contributed by atoms with Gasteiger partial charge in [-0.2, -0.15) is 0 Å². The average Bonchev–Trinajstić information content (AvgIpc) is 2.61. The van der Waals surface area contributed by atoms with Crippen molar-refractivity contribution in [2.75, 3.05) is 16.8 Å². The zero-order chi connectivity index (χ0) is 16.2. The number of rotatable bonds is 4. The van der Waals surface area contributed by atoms with E-state index in [1.807, 2.05) is 36.1 Å². The third-order valence-corrected chi connectivity index (χ3v) is 4.49. The van der Waals surface area contributed by atoms with Crippen LogP contribution >= 0.6 is 0 Å². The number of aryl methyl sites for hydroxylation is 2. The SMILES string of the molecule is CCc1ccc(NC(C)C(=O)N2CCCc3ccccc32)cc1. The fourth-order valence-electron chi connectivity index (χ4n) is 3.14. The van der Waals surface area contributed by atoms with Gasteiger partial charge in [-0.1, -0.05) is 37.3 Å². The van der Waals surface area contributed by atoms with E-state index in [4.69, 9.17) is 0 Å². The van der Waals surface area contributed by atoms with E-state index in [-0.39, 0.29) is 11.9 Å². The topological polar surface area (TPSA) is 32.3 Å². The third-order valence-electron chi connectivity index (χ3n) is 4.49. The summed E-state index contributed by atoms with van der Waals surface area (Å²) in [5.74, 6) is 0.136. The molecule has 0 aliphatic carbocycles. The third kappa shape index (κ3) is 3.39. The summed E-state index contributed by atoms with van der Waals surface area (Å²) in [6.45, 7) is 4.88. The van der Waals surface area contributed by atoms with Crippen LogP contribution in [0.3, 0.4) is 0 Å². The lowest BCUT2D eigenvalue weighted by atomic mass is 10.0. The number of para-hydroxylation sites is 1. The molecule has 1 heterocycles. The molecule has 0 spiro atoms. The molecule has 3 rings (SSSR count). The quantitative estimate of drug-likeness (QED) is 0.925. The largest absolute Gasteiger partial charge is 0.374 e. The highest BCUT2D eigenvalue weighted by molar-refractivity contribution is 5.99. The molecule has 1 atom stereocenters. The summed E-state index contributed by atoms with van der Waals surface area (Å²) in [5, 5.41) is 3.33. The predicted molar refractivity (Wildman–Crippen MR) is 96.0 cm³/mol. The number of nitrogens with zero attached hydrogens (tertiary/aromatic N) is 1. The summed E-state index contributed by atoms with van der Waals surface area (Å²) in [6, 6.07) is 16.3. The molecule has 1 unspecified atom stereocenters. The normalized spacial score (nSPS) is 15.0. The minimum Gasteiger partial charge on any atom is -0.374 e. The van der Waals surface area contributed by atoms with Gasteiger partial charge in [0.1, 0.15) is 6.04 Å². The first kappa shape index (κ1) is 15.6. The number of anilines is 2. The maximum Gasteiger partial charge on any atom is 0.249 e. The fourth-order valence-corrected chi connectivity index (χ4v) is 3.14. The highest BCUT2D eigenvalue weighted by Crippen LogP contribution is 2.27. The Balaban J connectivity index is 1.72. The Kier molecular flexibility index (Phi) is 4.65. The van der Waals surface area contributed by atoms with Gasteiger partial charge in [0.15, 0.2) is 0 Å². The first-order valence-corrected chi connectivity index (χ1v) is 8.44. The molecule has 120 valence electrons. The first-order valence-electron chi connectivity index (χ1n) is 8.44. The first-order chi connectivity index (χ1) is 11.2. The number of amides is 1. The molecule has 0 fully saturated rings. The lowest BCUT2D eigenvalue weighted by molar-refractivity contribution is -0.119. The van der Waals surface area contributed by atoms with E-state index in [0.29, 0.717) is 0 Å². The highest BCUT2D eigenvalue weighted by atomic mass is 16.2. The zero-order valence-electron chi connectivity index (χ0n) is 13.9. The molecule has 1 aliphatic rings. The van der Waals surface area contributed by atoms with Crippen LogP contribution in [0.25, 0.3) is 0 Å². The molecule has 0 saturated heterocycles. The van der Waals surface area contributed by atoms with Gasteiger partial charge < -0.3 is 10.2 Å². The maximum atomic E-state index is 12.9. The van der Waals surface area contributed by atoms with Gasteiger partial charge in [-0.25, -0.2) is 0 Å². The molecule has 3 nitrogen and oxygen atoms in total. The molecule has 0 radical (unpaired) electrons. The monoisotopic (exact) mass is 308 g/mol. The van der Waals surface area contributed by atoms with E-state index in [1.54, 1.807) is 0 Å². The van der Waals surface area contributed by atoms with E-state index in [2.05, 4.69) is 36.5 Å². The van der Waals surface area contributed by atoms with Crippen LogP contribution < -0.4 is 10.2 Å². The van der Waals surface area contributed by atoms with Gasteiger partial charge in [0, 0.05) is 17.9 Å². The number of benzene rings is 2. The van der Waals surface area contributed by atoms with Crippen molar-refractivity contribution < 1.29 is 4.79 Å². The van der Waals surface area contributed by atoms with Gasteiger partial charge in [0.2, 0.25) is 5.91 Å². The van der Waals surface area contributed by atoms with Crippen LogP contribution in [-0.2, 0) is 17.6 Å². The molecular formula is C20H24N2O. The number of fused-ring (bicyclic) bond motifs is 1. The Bertz CT molecular complexity index is 678. The molecular weight excluding hydrogens is 284 g/mol. The van der Waals surface area contributed by atoms with Crippen molar-refractivity contribution >= 4 is 17.3 Å². The van der Waals surface area contributed by atoms with Crippen LogP contribution in [0.1, 0.15) is 31.4 Å². The highest BCUT2D eigenvalue weighted by Gasteiger charge is 2.25. The van der Waals surface area contributed by atoms with Crippen molar-refractivity contribution in [2.24, 2.45) is 0 Å². The van der Waals surface area contributed by atoms with Crippen molar-refractivity contribution in [3.63, 3.8) is 0 Å². The summed E-state index contributed by atoms with van der Waals surface area (Å²) < 4.78 is 0. The molecule has 2 aromatic rings. The van der Waals surface area contributed by atoms with Crippen molar-refractivity contribution in [1.29, 1.82) is 0 Å². The summed E-state index contributed by atoms with van der Waals surface area (Å²) in [7, 11) is 0.